The molecule has 1 fully saturated rings. The van der Waals surface area contributed by atoms with Crippen molar-refractivity contribution in [3.8, 4) is 11.5 Å². The van der Waals surface area contributed by atoms with Crippen LogP contribution in [-0.4, -0.2) is 48.8 Å². The third-order valence-electron chi connectivity index (χ3n) is 4.49. The predicted molar refractivity (Wildman–Crippen MR) is 84.5 cm³/mol. The highest BCUT2D eigenvalue weighted by Crippen LogP contribution is 2.37. The van der Waals surface area contributed by atoms with Crippen LogP contribution in [0.3, 0.4) is 0 Å². The monoisotopic (exact) mass is 358 g/mol. The highest BCUT2D eigenvalue weighted by molar-refractivity contribution is 5.73. The number of para-hydroxylation sites is 1. The first-order valence-electron chi connectivity index (χ1n) is 8.30. The number of carbonyl (C=O) groups is 1. The quantitative estimate of drug-likeness (QED) is 0.902. The summed E-state index contributed by atoms with van der Waals surface area (Å²) in [7, 11) is 0. The number of halogens is 3. The summed E-state index contributed by atoms with van der Waals surface area (Å²) in [6.45, 7) is 2.41. The van der Waals surface area contributed by atoms with Crippen molar-refractivity contribution >= 4 is 5.91 Å². The van der Waals surface area contributed by atoms with Gasteiger partial charge in [-0.2, -0.15) is 13.2 Å². The molecule has 1 N–H and O–H groups in total. The lowest BCUT2D eigenvalue weighted by molar-refractivity contribution is -0.194. The molecule has 138 valence electrons. The van der Waals surface area contributed by atoms with E-state index >= 15 is 0 Å². The molecule has 0 radical (unpaired) electrons. The number of alkyl halides is 3. The normalized spacial score (nSPS) is 24.0. The van der Waals surface area contributed by atoms with Crippen LogP contribution in [0.2, 0.25) is 0 Å². The predicted octanol–water partition coefficient (Wildman–Crippen LogP) is 2.49. The molecule has 0 bridgehead atoms. The van der Waals surface area contributed by atoms with E-state index in [0.29, 0.717) is 36.7 Å². The van der Waals surface area contributed by atoms with E-state index in [-0.39, 0.29) is 31.5 Å². The molecule has 0 saturated carbocycles. The van der Waals surface area contributed by atoms with Crippen molar-refractivity contribution in [2.24, 2.45) is 0 Å². The van der Waals surface area contributed by atoms with Crippen molar-refractivity contribution in [1.82, 2.24) is 10.2 Å². The highest BCUT2D eigenvalue weighted by atomic mass is 19.4. The lowest BCUT2D eigenvalue weighted by Gasteiger charge is -2.40. The largest absolute Gasteiger partial charge is 0.486 e. The minimum atomic E-state index is -4.31. The van der Waals surface area contributed by atoms with Gasteiger partial charge in [-0.15, -0.1) is 0 Å². The summed E-state index contributed by atoms with van der Waals surface area (Å²) in [5.74, 6) is 0.836. The van der Waals surface area contributed by atoms with Crippen LogP contribution < -0.4 is 14.8 Å². The Bertz CT molecular complexity index is 636. The van der Waals surface area contributed by atoms with Gasteiger partial charge in [-0.25, -0.2) is 0 Å². The Morgan fingerprint density at radius 2 is 2.04 bits per heavy atom. The van der Waals surface area contributed by atoms with E-state index in [9.17, 15) is 18.0 Å². The molecule has 2 atom stereocenters. The Balaban J connectivity index is 1.82. The minimum absolute atomic E-state index is 0.0408. The van der Waals surface area contributed by atoms with Crippen molar-refractivity contribution in [3.05, 3.63) is 23.8 Å². The van der Waals surface area contributed by atoms with Gasteiger partial charge in [0.2, 0.25) is 5.91 Å². The third kappa shape index (κ3) is 4.18. The lowest BCUT2D eigenvalue weighted by atomic mass is 9.96. The number of nitrogens with one attached hydrogen (secondary N) is 1. The fourth-order valence-electron chi connectivity index (χ4n) is 3.47. The maximum atomic E-state index is 13.4. The molecular weight excluding hydrogens is 337 g/mol. The summed E-state index contributed by atoms with van der Waals surface area (Å²) in [6, 6.07) is 3.44. The van der Waals surface area contributed by atoms with Crippen LogP contribution in [0, 0.1) is 0 Å². The number of fused-ring (bicyclic) bond motifs is 1. The fraction of sp³-hybridized carbons (Fsp3) is 0.588. The number of piperidine rings is 1. The molecule has 3 rings (SSSR count). The van der Waals surface area contributed by atoms with E-state index in [1.54, 1.807) is 18.2 Å². The van der Waals surface area contributed by atoms with Crippen molar-refractivity contribution < 1.29 is 27.4 Å². The zero-order valence-electron chi connectivity index (χ0n) is 13.9. The number of amides is 1. The summed E-state index contributed by atoms with van der Waals surface area (Å²) in [6.07, 6.45) is -4.04. The Morgan fingerprint density at radius 1 is 1.28 bits per heavy atom. The second-order valence-corrected chi connectivity index (χ2v) is 6.40. The van der Waals surface area contributed by atoms with Crippen LogP contribution in [0.25, 0.3) is 0 Å². The van der Waals surface area contributed by atoms with Gasteiger partial charge in [-0.3, -0.25) is 9.69 Å². The lowest BCUT2D eigenvalue weighted by Crippen LogP contribution is -2.55. The summed E-state index contributed by atoms with van der Waals surface area (Å²) in [5, 5.41) is 2.73. The maximum Gasteiger partial charge on any atom is 0.404 e. The molecule has 1 amide bonds. The maximum absolute atomic E-state index is 13.4. The van der Waals surface area contributed by atoms with E-state index in [1.165, 1.54) is 11.8 Å². The number of ether oxygens (including phenoxy) is 2. The number of likely N-dealkylation sites (tertiary alicyclic amines) is 1. The zero-order chi connectivity index (χ0) is 18.0. The van der Waals surface area contributed by atoms with Crippen LogP contribution in [0.1, 0.15) is 25.3 Å². The number of rotatable bonds is 3. The topological polar surface area (TPSA) is 50.8 Å². The summed E-state index contributed by atoms with van der Waals surface area (Å²) in [5.41, 5.74) is 0.662. The molecule has 2 aliphatic heterocycles. The average molecular weight is 358 g/mol. The van der Waals surface area contributed by atoms with Crippen molar-refractivity contribution in [3.63, 3.8) is 0 Å². The molecule has 2 heterocycles. The van der Waals surface area contributed by atoms with Gasteiger partial charge < -0.3 is 14.8 Å². The summed E-state index contributed by atoms with van der Waals surface area (Å²) < 4.78 is 51.4. The molecule has 0 unspecified atom stereocenters. The van der Waals surface area contributed by atoms with Crippen molar-refractivity contribution in [1.29, 1.82) is 0 Å². The Labute approximate surface area is 144 Å². The van der Waals surface area contributed by atoms with Gasteiger partial charge in [-0.1, -0.05) is 12.1 Å². The summed E-state index contributed by atoms with van der Waals surface area (Å²) in [4.78, 5) is 12.6. The number of hydrogen-bond donors (Lipinski definition) is 1. The molecular formula is C17H21F3N2O3. The summed E-state index contributed by atoms with van der Waals surface area (Å²) >= 11 is 0. The van der Waals surface area contributed by atoms with Crippen LogP contribution in [0.4, 0.5) is 13.2 Å². The van der Waals surface area contributed by atoms with E-state index in [4.69, 9.17) is 9.47 Å². The van der Waals surface area contributed by atoms with E-state index < -0.39 is 12.2 Å². The molecule has 0 aromatic heterocycles. The van der Waals surface area contributed by atoms with Gasteiger partial charge in [0.15, 0.2) is 11.5 Å². The number of nitrogens with zero attached hydrogens (tertiary/aromatic N) is 1. The first-order chi connectivity index (χ1) is 11.8. The van der Waals surface area contributed by atoms with Gasteiger partial charge in [0, 0.05) is 31.6 Å². The average Bonchev–Trinajstić information content (AvgIpc) is 2.54. The second kappa shape index (κ2) is 7.11. The molecule has 1 aromatic rings. The van der Waals surface area contributed by atoms with Gasteiger partial charge in [-0.05, 0) is 18.9 Å². The van der Waals surface area contributed by atoms with E-state index in [2.05, 4.69) is 5.32 Å². The molecule has 8 heteroatoms. The first-order valence-corrected chi connectivity index (χ1v) is 8.30. The highest BCUT2D eigenvalue weighted by Gasteiger charge is 2.46. The molecule has 0 aliphatic carbocycles. The molecule has 5 nitrogen and oxygen atoms in total. The van der Waals surface area contributed by atoms with E-state index in [1.807, 2.05) is 0 Å². The number of hydrogen-bond acceptors (Lipinski definition) is 4. The minimum Gasteiger partial charge on any atom is -0.486 e. The second-order valence-electron chi connectivity index (χ2n) is 6.40. The standard InChI is InChI=1S/C17H21F3N2O3/c1-11(23)21-13-5-6-15(17(18,19)20)22(10-13)9-12-3-2-4-14-16(12)25-8-7-24-14/h2-4,13,15H,5-10H2,1H3,(H,21,23)/t13-,15+/m1/s1. The first kappa shape index (κ1) is 17.8. The Kier molecular flexibility index (Phi) is 5.08. The van der Waals surface area contributed by atoms with Crippen LogP contribution >= 0.6 is 0 Å². The zero-order valence-corrected chi connectivity index (χ0v) is 13.9. The molecule has 2 aliphatic rings. The van der Waals surface area contributed by atoms with Crippen LogP contribution in [0.5, 0.6) is 11.5 Å². The van der Waals surface area contributed by atoms with Gasteiger partial charge >= 0.3 is 6.18 Å². The fourth-order valence-corrected chi connectivity index (χ4v) is 3.47. The van der Waals surface area contributed by atoms with Crippen molar-refractivity contribution in [2.75, 3.05) is 19.8 Å². The number of carbonyl (C=O) groups excluding carboxylic acids is 1. The van der Waals surface area contributed by atoms with Gasteiger partial charge in [0.25, 0.3) is 0 Å². The van der Waals surface area contributed by atoms with Crippen molar-refractivity contribution in [2.45, 2.75) is 44.6 Å². The molecule has 25 heavy (non-hydrogen) atoms. The van der Waals surface area contributed by atoms with Crippen LogP contribution in [-0.2, 0) is 11.3 Å². The van der Waals surface area contributed by atoms with E-state index in [0.717, 1.165) is 0 Å². The number of benzene rings is 1. The van der Waals surface area contributed by atoms with Crippen LogP contribution in [0.15, 0.2) is 18.2 Å². The molecule has 0 spiro atoms. The Hall–Kier alpha value is -1.96. The Morgan fingerprint density at radius 3 is 2.76 bits per heavy atom. The smallest absolute Gasteiger partial charge is 0.404 e. The SMILES string of the molecule is CC(=O)N[C@@H]1CC[C@@H](C(F)(F)F)N(Cc2cccc3c2OCCO3)C1. The molecule has 1 saturated heterocycles. The van der Waals surface area contributed by atoms with Gasteiger partial charge in [0.05, 0.1) is 0 Å². The third-order valence-corrected chi connectivity index (χ3v) is 4.49. The van der Waals surface area contributed by atoms with Gasteiger partial charge in [0.1, 0.15) is 19.3 Å². The molecule has 1 aromatic carbocycles.